The van der Waals surface area contributed by atoms with Crippen molar-refractivity contribution in [3.63, 3.8) is 0 Å². The molecule has 0 N–H and O–H groups in total. The number of halogens is 1. The summed E-state index contributed by atoms with van der Waals surface area (Å²) in [5, 5.41) is 0.601. The molecule has 0 aromatic heterocycles. The zero-order valence-electron chi connectivity index (χ0n) is 20.4. The van der Waals surface area contributed by atoms with Crippen molar-refractivity contribution in [2.24, 2.45) is 0 Å². The van der Waals surface area contributed by atoms with Gasteiger partial charge in [-0.2, -0.15) is 0 Å². The molecular formula is C24H37ClN2O5. The Kier molecular flexibility index (Phi) is 8.82. The second kappa shape index (κ2) is 10.8. The molecule has 2 rings (SSSR count). The normalized spacial score (nSPS) is 17.8. The minimum atomic E-state index is -0.563. The van der Waals surface area contributed by atoms with E-state index in [0.717, 1.165) is 12.0 Å². The average Bonchev–Trinajstić information content (AvgIpc) is 2.64. The first-order valence-corrected chi connectivity index (χ1v) is 11.5. The molecule has 1 aromatic carbocycles. The van der Waals surface area contributed by atoms with Gasteiger partial charge in [-0.05, 0) is 66.2 Å². The predicted octanol–water partition coefficient (Wildman–Crippen LogP) is 4.89. The Morgan fingerprint density at radius 1 is 1.06 bits per heavy atom. The number of nitrogens with zero attached hydrogens (tertiary/aromatic N) is 2. The first-order chi connectivity index (χ1) is 14.8. The van der Waals surface area contributed by atoms with Crippen LogP contribution in [-0.4, -0.2) is 65.3 Å². The van der Waals surface area contributed by atoms with E-state index in [-0.39, 0.29) is 18.7 Å². The molecule has 1 saturated heterocycles. The number of amides is 1. The van der Waals surface area contributed by atoms with Crippen molar-refractivity contribution in [1.82, 2.24) is 9.80 Å². The van der Waals surface area contributed by atoms with Gasteiger partial charge in [0.2, 0.25) is 0 Å². The zero-order valence-corrected chi connectivity index (χ0v) is 21.1. The van der Waals surface area contributed by atoms with Gasteiger partial charge in [-0.3, -0.25) is 4.90 Å². The molecule has 32 heavy (non-hydrogen) atoms. The Labute approximate surface area is 196 Å². The summed E-state index contributed by atoms with van der Waals surface area (Å²) in [6, 6.07) is 5.43. The van der Waals surface area contributed by atoms with Gasteiger partial charge in [-0.15, -0.1) is 0 Å². The van der Waals surface area contributed by atoms with Crippen LogP contribution in [0.2, 0.25) is 5.02 Å². The molecule has 0 aliphatic carbocycles. The van der Waals surface area contributed by atoms with Crippen molar-refractivity contribution in [1.29, 1.82) is 0 Å². The Bertz CT molecular complexity index is 801. The fourth-order valence-corrected chi connectivity index (χ4v) is 3.73. The SMILES string of the molecule is CCC1CN(Cc2cc(Cl)ccc2OCC(=O)OC(C)(C)C)CCN1C(=O)OC(C)(C)C. The van der Waals surface area contributed by atoms with Crippen molar-refractivity contribution in [3.8, 4) is 5.75 Å². The third-order valence-corrected chi connectivity index (χ3v) is 5.08. The van der Waals surface area contributed by atoms with E-state index in [0.29, 0.717) is 37.0 Å². The van der Waals surface area contributed by atoms with Gasteiger partial charge in [-0.25, -0.2) is 9.59 Å². The molecule has 1 unspecified atom stereocenters. The molecule has 8 heteroatoms. The predicted molar refractivity (Wildman–Crippen MR) is 125 cm³/mol. The highest BCUT2D eigenvalue weighted by atomic mass is 35.5. The Morgan fingerprint density at radius 2 is 1.72 bits per heavy atom. The maximum Gasteiger partial charge on any atom is 0.410 e. The van der Waals surface area contributed by atoms with E-state index < -0.39 is 17.2 Å². The monoisotopic (exact) mass is 468 g/mol. The van der Waals surface area contributed by atoms with Crippen LogP contribution >= 0.6 is 11.6 Å². The first kappa shape index (κ1) is 26.3. The van der Waals surface area contributed by atoms with Crippen molar-refractivity contribution >= 4 is 23.7 Å². The number of ether oxygens (including phenoxy) is 3. The number of esters is 1. The van der Waals surface area contributed by atoms with Crippen molar-refractivity contribution in [2.75, 3.05) is 26.2 Å². The van der Waals surface area contributed by atoms with Crippen LogP contribution < -0.4 is 4.74 Å². The highest BCUT2D eigenvalue weighted by Gasteiger charge is 2.32. The molecule has 1 fully saturated rings. The van der Waals surface area contributed by atoms with Crippen molar-refractivity contribution in [3.05, 3.63) is 28.8 Å². The maximum absolute atomic E-state index is 12.6. The molecule has 1 aliphatic heterocycles. The van der Waals surface area contributed by atoms with Gasteiger partial charge in [0.1, 0.15) is 17.0 Å². The van der Waals surface area contributed by atoms with Crippen LogP contribution in [0.4, 0.5) is 4.79 Å². The summed E-state index contributed by atoms with van der Waals surface area (Å²) in [6.07, 6.45) is 0.556. The standard InChI is InChI=1S/C24H37ClN2O5/c1-8-19-15-26(11-12-27(19)22(29)32-24(5,6)7)14-17-13-18(25)9-10-20(17)30-16-21(28)31-23(2,3)4/h9-10,13,19H,8,11-12,14-16H2,1-7H3. The maximum atomic E-state index is 12.6. The van der Waals surface area contributed by atoms with Gasteiger partial charge in [0.25, 0.3) is 0 Å². The topological polar surface area (TPSA) is 68.3 Å². The molecule has 1 aromatic rings. The Morgan fingerprint density at radius 3 is 2.31 bits per heavy atom. The van der Waals surface area contributed by atoms with E-state index in [4.69, 9.17) is 25.8 Å². The summed E-state index contributed by atoms with van der Waals surface area (Å²) < 4.78 is 16.7. The highest BCUT2D eigenvalue weighted by molar-refractivity contribution is 6.30. The number of carbonyl (C=O) groups excluding carboxylic acids is 2. The summed E-state index contributed by atoms with van der Waals surface area (Å²) in [6.45, 7) is 15.6. The molecule has 1 atom stereocenters. The smallest absolute Gasteiger partial charge is 0.410 e. The second-order valence-corrected chi connectivity index (χ2v) is 10.5. The summed E-state index contributed by atoms with van der Waals surface area (Å²) in [5.74, 6) is 0.179. The summed E-state index contributed by atoms with van der Waals surface area (Å²) in [4.78, 5) is 28.7. The number of piperazine rings is 1. The highest BCUT2D eigenvalue weighted by Crippen LogP contribution is 2.26. The molecule has 7 nitrogen and oxygen atoms in total. The van der Waals surface area contributed by atoms with Gasteiger partial charge >= 0.3 is 12.1 Å². The second-order valence-electron chi connectivity index (χ2n) is 10.1. The number of hydrogen-bond donors (Lipinski definition) is 0. The van der Waals surface area contributed by atoms with E-state index in [9.17, 15) is 9.59 Å². The fourth-order valence-electron chi connectivity index (χ4n) is 3.53. The molecule has 0 saturated carbocycles. The van der Waals surface area contributed by atoms with E-state index in [1.165, 1.54) is 0 Å². The number of rotatable bonds is 6. The van der Waals surface area contributed by atoms with Gasteiger partial charge in [-0.1, -0.05) is 18.5 Å². The Hall–Kier alpha value is -1.99. The lowest BCUT2D eigenvalue weighted by atomic mass is 10.1. The Balaban J connectivity index is 2.04. The van der Waals surface area contributed by atoms with Crippen LogP contribution in [0.3, 0.4) is 0 Å². The van der Waals surface area contributed by atoms with E-state index in [1.807, 2.05) is 52.5 Å². The van der Waals surface area contributed by atoms with Crippen LogP contribution in [0.25, 0.3) is 0 Å². The quantitative estimate of drug-likeness (QED) is 0.553. The molecule has 1 heterocycles. The van der Waals surface area contributed by atoms with Crippen LogP contribution in [-0.2, 0) is 20.8 Å². The van der Waals surface area contributed by atoms with Gasteiger partial charge < -0.3 is 19.1 Å². The van der Waals surface area contributed by atoms with Crippen LogP contribution in [0, 0.1) is 0 Å². The minimum absolute atomic E-state index is 0.0592. The fraction of sp³-hybridized carbons (Fsp3) is 0.667. The van der Waals surface area contributed by atoms with Crippen LogP contribution in [0.1, 0.15) is 60.5 Å². The molecule has 1 aliphatic rings. The van der Waals surface area contributed by atoms with Gasteiger partial charge in [0.15, 0.2) is 6.61 Å². The minimum Gasteiger partial charge on any atom is -0.482 e. The number of carbonyl (C=O) groups is 2. The van der Waals surface area contributed by atoms with E-state index in [1.54, 1.807) is 12.1 Å². The molecule has 0 bridgehead atoms. The summed E-state index contributed by atoms with van der Waals surface area (Å²) >= 11 is 6.23. The molecular weight excluding hydrogens is 432 g/mol. The third-order valence-electron chi connectivity index (χ3n) is 4.85. The van der Waals surface area contributed by atoms with E-state index in [2.05, 4.69) is 11.8 Å². The van der Waals surface area contributed by atoms with Crippen LogP contribution in [0.15, 0.2) is 18.2 Å². The molecule has 0 radical (unpaired) electrons. The van der Waals surface area contributed by atoms with Gasteiger partial charge in [0, 0.05) is 42.8 Å². The molecule has 0 spiro atoms. The summed E-state index contributed by atoms with van der Waals surface area (Å²) in [7, 11) is 0. The third kappa shape index (κ3) is 8.51. The number of benzene rings is 1. The van der Waals surface area contributed by atoms with Gasteiger partial charge in [0.05, 0.1) is 0 Å². The summed E-state index contributed by atoms with van der Waals surface area (Å²) in [5.41, 5.74) is -0.193. The molecule has 180 valence electrons. The largest absolute Gasteiger partial charge is 0.482 e. The molecule has 1 amide bonds. The van der Waals surface area contributed by atoms with Crippen LogP contribution in [0.5, 0.6) is 5.75 Å². The lowest BCUT2D eigenvalue weighted by molar-refractivity contribution is -0.157. The lowest BCUT2D eigenvalue weighted by Gasteiger charge is -2.41. The van der Waals surface area contributed by atoms with Crippen molar-refractivity contribution < 1.29 is 23.8 Å². The zero-order chi connectivity index (χ0) is 24.1. The first-order valence-electron chi connectivity index (χ1n) is 11.1. The average molecular weight is 469 g/mol. The van der Waals surface area contributed by atoms with E-state index >= 15 is 0 Å². The lowest BCUT2D eigenvalue weighted by Crippen LogP contribution is -2.55. The number of hydrogen-bond acceptors (Lipinski definition) is 6. The van der Waals surface area contributed by atoms with Crippen molar-refractivity contribution in [2.45, 2.75) is 78.7 Å².